The normalized spacial score (nSPS) is 15.7. The summed E-state index contributed by atoms with van der Waals surface area (Å²) in [5, 5.41) is 11.8. The van der Waals surface area contributed by atoms with E-state index in [-0.39, 0.29) is 49.1 Å². The molecular formula is C24H37NO5. The Morgan fingerprint density at radius 1 is 0.900 bits per heavy atom. The van der Waals surface area contributed by atoms with Crippen molar-refractivity contribution >= 4 is 23.3 Å². The molecule has 0 aromatic carbocycles. The standard InChI is InChI=1S/C24H37NO5/c1-8-11-25-18(28)14-24(6,7)20-16(3)21(29)19(15(2)22(20)30)23(4,5)13-17(27)10-9-12-26/h26H,8-14H2,1-7H3,(H,25,28). The maximum Gasteiger partial charge on any atom is 0.220 e. The van der Waals surface area contributed by atoms with E-state index in [1.807, 2.05) is 20.8 Å². The highest BCUT2D eigenvalue weighted by molar-refractivity contribution is 6.26. The molecule has 2 N–H and O–H groups in total. The molecule has 0 unspecified atom stereocenters. The molecule has 0 aromatic heterocycles. The van der Waals surface area contributed by atoms with Gasteiger partial charge in [0.15, 0.2) is 11.6 Å². The summed E-state index contributed by atoms with van der Waals surface area (Å²) >= 11 is 0. The number of carbonyl (C=O) groups is 4. The van der Waals surface area contributed by atoms with Gasteiger partial charge in [-0.25, -0.2) is 0 Å². The van der Waals surface area contributed by atoms with Gasteiger partial charge >= 0.3 is 0 Å². The van der Waals surface area contributed by atoms with Crippen molar-refractivity contribution in [2.75, 3.05) is 13.2 Å². The van der Waals surface area contributed by atoms with Crippen molar-refractivity contribution in [2.45, 2.75) is 80.6 Å². The Labute approximate surface area is 180 Å². The third-order valence-corrected chi connectivity index (χ3v) is 5.67. The summed E-state index contributed by atoms with van der Waals surface area (Å²) in [6, 6.07) is 0. The van der Waals surface area contributed by atoms with Crippen molar-refractivity contribution in [1.82, 2.24) is 5.32 Å². The SMILES string of the molecule is CCCNC(=O)CC(C)(C)C1=C(C)C(=O)C(C(C)(C)CC(=O)CCCO)=C(C)C1=O. The number of Topliss-reactive ketones (excluding diaryl/α,β-unsaturated/α-hetero) is 3. The van der Waals surface area contributed by atoms with Crippen molar-refractivity contribution in [2.24, 2.45) is 10.8 Å². The Morgan fingerprint density at radius 3 is 1.80 bits per heavy atom. The molecule has 1 amide bonds. The fourth-order valence-corrected chi connectivity index (χ4v) is 4.34. The number of allylic oxidation sites excluding steroid dienone is 4. The van der Waals surface area contributed by atoms with Crippen LogP contribution in [0.3, 0.4) is 0 Å². The molecule has 0 atom stereocenters. The number of ketones is 3. The van der Waals surface area contributed by atoms with Crippen LogP contribution in [0.5, 0.6) is 0 Å². The van der Waals surface area contributed by atoms with Crippen LogP contribution in [-0.4, -0.2) is 41.5 Å². The minimum atomic E-state index is -0.793. The minimum Gasteiger partial charge on any atom is -0.396 e. The molecule has 0 aromatic rings. The van der Waals surface area contributed by atoms with Crippen LogP contribution in [0, 0.1) is 10.8 Å². The number of hydrogen-bond donors (Lipinski definition) is 2. The largest absolute Gasteiger partial charge is 0.396 e. The molecule has 1 aliphatic rings. The molecule has 0 radical (unpaired) electrons. The van der Waals surface area contributed by atoms with Crippen LogP contribution in [-0.2, 0) is 19.2 Å². The van der Waals surface area contributed by atoms with E-state index in [2.05, 4.69) is 5.32 Å². The second kappa shape index (κ2) is 10.3. The smallest absolute Gasteiger partial charge is 0.220 e. The van der Waals surface area contributed by atoms with Crippen LogP contribution in [0.15, 0.2) is 22.3 Å². The number of carbonyl (C=O) groups excluding carboxylic acids is 4. The molecule has 0 bridgehead atoms. The Morgan fingerprint density at radius 2 is 1.37 bits per heavy atom. The summed E-state index contributed by atoms with van der Waals surface area (Å²) in [5.74, 6) is -0.657. The van der Waals surface area contributed by atoms with Gasteiger partial charge in [0.1, 0.15) is 5.78 Å². The number of aliphatic hydroxyl groups is 1. The number of hydrogen-bond acceptors (Lipinski definition) is 5. The zero-order valence-electron chi connectivity index (χ0n) is 19.5. The minimum absolute atomic E-state index is 0.0463. The molecule has 6 heteroatoms. The summed E-state index contributed by atoms with van der Waals surface area (Å²) in [7, 11) is 0. The third-order valence-electron chi connectivity index (χ3n) is 5.67. The fourth-order valence-electron chi connectivity index (χ4n) is 4.34. The van der Waals surface area contributed by atoms with Crippen LogP contribution < -0.4 is 5.32 Å². The number of nitrogens with one attached hydrogen (secondary N) is 1. The predicted octanol–water partition coefficient (Wildman–Crippen LogP) is 3.47. The number of aliphatic hydroxyl groups excluding tert-OH is 1. The van der Waals surface area contributed by atoms with Crippen LogP contribution in [0.4, 0.5) is 0 Å². The van der Waals surface area contributed by atoms with Gasteiger partial charge < -0.3 is 10.4 Å². The van der Waals surface area contributed by atoms with Gasteiger partial charge in [0, 0.05) is 65.5 Å². The predicted molar refractivity (Wildman–Crippen MR) is 117 cm³/mol. The lowest BCUT2D eigenvalue weighted by Gasteiger charge is -2.36. The summed E-state index contributed by atoms with van der Waals surface area (Å²) in [4.78, 5) is 51.2. The quantitative estimate of drug-likeness (QED) is 0.500. The van der Waals surface area contributed by atoms with E-state index in [0.717, 1.165) is 6.42 Å². The lowest BCUT2D eigenvalue weighted by atomic mass is 9.65. The topological polar surface area (TPSA) is 101 Å². The van der Waals surface area contributed by atoms with Crippen molar-refractivity contribution in [3.05, 3.63) is 22.3 Å². The van der Waals surface area contributed by atoms with E-state index in [9.17, 15) is 19.2 Å². The lowest BCUT2D eigenvalue weighted by Crippen LogP contribution is -2.38. The maximum atomic E-state index is 13.3. The van der Waals surface area contributed by atoms with Crippen molar-refractivity contribution in [1.29, 1.82) is 0 Å². The molecule has 0 aliphatic heterocycles. The Kier molecular flexibility index (Phi) is 8.90. The molecule has 6 nitrogen and oxygen atoms in total. The van der Waals surface area contributed by atoms with E-state index in [1.54, 1.807) is 27.7 Å². The van der Waals surface area contributed by atoms with Gasteiger partial charge in [-0.3, -0.25) is 19.2 Å². The van der Waals surface area contributed by atoms with Crippen molar-refractivity contribution < 1.29 is 24.3 Å². The highest BCUT2D eigenvalue weighted by atomic mass is 16.3. The van der Waals surface area contributed by atoms with Crippen LogP contribution in [0.1, 0.15) is 80.6 Å². The van der Waals surface area contributed by atoms with Gasteiger partial charge in [-0.05, 0) is 26.7 Å². The molecule has 168 valence electrons. The van der Waals surface area contributed by atoms with Gasteiger partial charge in [-0.2, -0.15) is 0 Å². The van der Waals surface area contributed by atoms with Crippen molar-refractivity contribution in [3.63, 3.8) is 0 Å². The van der Waals surface area contributed by atoms with Crippen LogP contribution in [0.2, 0.25) is 0 Å². The average molecular weight is 420 g/mol. The van der Waals surface area contributed by atoms with Gasteiger partial charge in [-0.1, -0.05) is 34.6 Å². The molecule has 0 heterocycles. The first-order valence-electron chi connectivity index (χ1n) is 10.7. The van der Waals surface area contributed by atoms with Crippen molar-refractivity contribution in [3.8, 4) is 0 Å². The lowest BCUT2D eigenvalue weighted by molar-refractivity contribution is -0.124. The molecule has 0 saturated heterocycles. The maximum absolute atomic E-state index is 13.3. The first-order valence-corrected chi connectivity index (χ1v) is 10.7. The summed E-state index contributed by atoms with van der Waals surface area (Å²) in [6.45, 7) is 13.0. The second-order valence-corrected chi connectivity index (χ2v) is 9.50. The zero-order valence-corrected chi connectivity index (χ0v) is 19.5. The number of amides is 1. The van der Waals surface area contributed by atoms with Crippen LogP contribution in [0.25, 0.3) is 0 Å². The number of rotatable bonds is 11. The summed E-state index contributed by atoms with van der Waals surface area (Å²) in [6.07, 6.45) is 1.70. The van der Waals surface area contributed by atoms with Gasteiger partial charge in [0.05, 0.1) is 0 Å². The van der Waals surface area contributed by atoms with E-state index >= 15 is 0 Å². The van der Waals surface area contributed by atoms with E-state index in [4.69, 9.17) is 5.11 Å². The molecular weight excluding hydrogens is 382 g/mol. The third kappa shape index (κ3) is 5.97. The van der Waals surface area contributed by atoms with E-state index < -0.39 is 10.8 Å². The highest BCUT2D eigenvalue weighted by Crippen LogP contribution is 2.44. The van der Waals surface area contributed by atoms with E-state index in [1.165, 1.54) is 0 Å². The Balaban J connectivity index is 3.23. The Bertz CT molecular complexity index is 717. The Hall–Kier alpha value is -2.08. The monoisotopic (exact) mass is 419 g/mol. The van der Waals surface area contributed by atoms with Gasteiger partial charge in [0.25, 0.3) is 0 Å². The molecule has 1 rings (SSSR count). The highest BCUT2D eigenvalue weighted by Gasteiger charge is 2.43. The van der Waals surface area contributed by atoms with E-state index in [0.29, 0.717) is 35.3 Å². The molecule has 0 fully saturated rings. The molecule has 30 heavy (non-hydrogen) atoms. The summed E-state index contributed by atoms with van der Waals surface area (Å²) in [5.41, 5.74) is -0.131. The molecule has 0 saturated carbocycles. The second-order valence-electron chi connectivity index (χ2n) is 9.50. The fraction of sp³-hybridized carbons (Fsp3) is 0.667. The zero-order chi connectivity index (χ0) is 23.3. The summed E-state index contributed by atoms with van der Waals surface area (Å²) < 4.78 is 0. The first kappa shape index (κ1) is 26.0. The first-order chi connectivity index (χ1) is 13.8. The molecule has 0 spiro atoms. The molecule has 1 aliphatic carbocycles. The van der Waals surface area contributed by atoms with Crippen LogP contribution >= 0.6 is 0 Å². The average Bonchev–Trinajstić information content (AvgIpc) is 2.62. The van der Waals surface area contributed by atoms with Gasteiger partial charge in [-0.15, -0.1) is 0 Å². The van der Waals surface area contributed by atoms with Gasteiger partial charge in [0.2, 0.25) is 5.91 Å².